The number of fused-ring (bicyclic) bond motifs is 1. The predicted octanol–water partition coefficient (Wildman–Crippen LogP) is 5.00. The molecule has 0 saturated carbocycles. The van der Waals surface area contributed by atoms with Crippen molar-refractivity contribution in [1.82, 2.24) is 0 Å². The summed E-state index contributed by atoms with van der Waals surface area (Å²) >= 11 is 0. The zero-order chi connectivity index (χ0) is 21.7. The maximum atomic E-state index is 6.39. The largest absolute Gasteiger partial charge is 0.371 e. The average molecular weight is 425 g/mol. The second-order valence-corrected chi connectivity index (χ2v) is 8.53. The number of rotatable bonds is 10. The van der Waals surface area contributed by atoms with Gasteiger partial charge in [-0.3, -0.25) is 0 Å². The van der Waals surface area contributed by atoms with Crippen molar-refractivity contribution in [2.45, 2.75) is 76.4 Å². The Balaban J connectivity index is 1.50. The van der Waals surface area contributed by atoms with Crippen LogP contribution in [0.3, 0.4) is 0 Å². The van der Waals surface area contributed by atoms with Crippen molar-refractivity contribution in [2.24, 2.45) is 0 Å². The number of hydrogen-bond acceptors (Lipinski definition) is 5. The van der Waals surface area contributed by atoms with Gasteiger partial charge < -0.3 is 23.7 Å². The highest BCUT2D eigenvalue weighted by Crippen LogP contribution is 2.41. The highest BCUT2D eigenvalue weighted by Gasteiger charge is 2.57. The number of allylic oxidation sites excluding steroid dienone is 1. The summed E-state index contributed by atoms with van der Waals surface area (Å²) in [6.45, 7) is 8.66. The summed E-state index contributed by atoms with van der Waals surface area (Å²) in [6.07, 6.45) is 2.01. The van der Waals surface area contributed by atoms with Gasteiger partial charge in [-0.2, -0.15) is 0 Å². The van der Waals surface area contributed by atoms with E-state index in [1.165, 1.54) is 0 Å². The minimum Gasteiger partial charge on any atom is -0.371 e. The standard InChI is InChI=1S/C26H32O5/c1-4-5-16-21(27-17-19-12-8-6-9-13-19)22-23(28-18-20-14-10-7-11-15-20)24-25(29-22)31-26(2,3)30-24/h4,6-15,21-25H,1,5,16-18H2,2-3H3/t21-,22+,23-,24+,25+/m0/s1. The summed E-state index contributed by atoms with van der Waals surface area (Å²) < 4.78 is 31.2. The molecule has 5 heteroatoms. The highest BCUT2D eigenvalue weighted by atomic mass is 16.8. The minimum atomic E-state index is -0.698. The van der Waals surface area contributed by atoms with Crippen molar-refractivity contribution in [3.63, 3.8) is 0 Å². The van der Waals surface area contributed by atoms with E-state index in [4.69, 9.17) is 23.7 Å². The molecular weight excluding hydrogens is 392 g/mol. The van der Waals surface area contributed by atoms with E-state index in [1.807, 2.05) is 56.3 Å². The third-order valence-electron chi connectivity index (χ3n) is 5.64. The van der Waals surface area contributed by atoms with Crippen LogP contribution in [0.5, 0.6) is 0 Å². The first-order chi connectivity index (χ1) is 15.1. The number of benzene rings is 2. The lowest BCUT2D eigenvalue weighted by Gasteiger charge is -2.31. The molecule has 0 aliphatic carbocycles. The van der Waals surface area contributed by atoms with E-state index in [0.717, 1.165) is 24.0 Å². The molecule has 0 unspecified atom stereocenters. The van der Waals surface area contributed by atoms with E-state index in [2.05, 4.69) is 30.8 Å². The molecule has 5 atom stereocenters. The fourth-order valence-electron chi connectivity index (χ4n) is 4.16. The Morgan fingerprint density at radius 3 is 2.26 bits per heavy atom. The van der Waals surface area contributed by atoms with Crippen LogP contribution in [0.4, 0.5) is 0 Å². The van der Waals surface area contributed by atoms with Gasteiger partial charge in [-0.25, -0.2) is 0 Å². The van der Waals surface area contributed by atoms with E-state index >= 15 is 0 Å². The Labute approximate surface area is 184 Å². The van der Waals surface area contributed by atoms with Gasteiger partial charge in [-0.1, -0.05) is 66.7 Å². The van der Waals surface area contributed by atoms with Crippen LogP contribution in [0, 0.1) is 0 Å². The first-order valence-corrected chi connectivity index (χ1v) is 11.0. The number of hydrogen-bond donors (Lipinski definition) is 0. The topological polar surface area (TPSA) is 46.2 Å². The van der Waals surface area contributed by atoms with Crippen LogP contribution in [0.2, 0.25) is 0 Å². The molecule has 2 aromatic carbocycles. The maximum absolute atomic E-state index is 6.39. The average Bonchev–Trinajstić information content (AvgIpc) is 3.25. The summed E-state index contributed by atoms with van der Waals surface area (Å²) in [5, 5.41) is 0. The molecule has 0 bridgehead atoms. The van der Waals surface area contributed by atoms with E-state index in [0.29, 0.717) is 13.2 Å². The molecule has 0 N–H and O–H groups in total. The zero-order valence-electron chi connectivity index (χ0n) is 18.3. The molecule has 2 fully saturated rings. The lowest BCUT2D eigenvalue weighted by molar-refractivity contribution is -0.235. The van der Waals surface area contributed by atoms with E-state index in [-0.39, 0.29) is 24.4 Å². The van der Waals surface area contributed by atoms with Gasteiger partial charge in [0, 0.05) is 0 Å². The molecule has 0 spiro atoms. The molecule has 0 radical (unpaired) electrons. The molecular formula is C26H32O5. The Kier molecular flexibility index (Phi) is 7.20. The van der Waals surface area contributed by atoms with Crippen LogP contribution in [0.15, 0.2) is 73.3 Å². The smallest absolute Gasteiger partial charge is 0.190 e. The van der Waals surface area contributed by atoms with E-state index < -0.39 is 12.1 Å². The van der Waals surface area contributed by atoms with Crippen LogP contribution < -0.4 is 0 Å². The molecule has 31 heavy (non-hydrogen) atoms. The van der Waals surface area contributed by atoms with Crippen molar-refractivity contribution < 1.29 is 23.7 Å². The van der Waals surface area contributed by atoms with Crippen molar-refractivity contribution in [3.05, 3.63) is 84.4 Å². The molecule has 0 amide bonds. The van der Waals surface area contributed by atoms with Gasteiger partial charge in [0.2, 0.25) is 0 Å². The predicted molar refractivity (Wildman–Crippen MR) is 118 cm³/mol. The quantitative estimate of drug-likeness (QED) is 0.502. The minimum absolute atomic E-state index is 0.167. The molecule has 2 aromatic rings. The fraction of sp³-hybridized carbons (Fsp3) is 0.462. The van der Waals surface area contributed by atoms with Crippen molar-refractivity contribution in [3.8, 4) is 0 Å². The third kappa shape index (κ3) is 5.62. The maximum Gasteiger partial charge on any atom is 0.190 e. The highest BCUT2D eigenvalue weighted by molar-refractivity contribution is 5.14. The second-order valence-electron chi connectivity index (χ2n) is 8.53. The molecule has 2 aliphatic heterocycles. The van der Waals surface area contributed by atoms with E-state index in [9.17, 15) is 0 Å². The van der Waals surface area contributed by atoms with Gasteiger partial charge >= 0.3 is 0 Å². The Bertz CT molecular complexity index is 822. The van der Waals surface area contributed by atoms with Gasteiger partial charge in [0.25, 0.3) is 0 Å². The van der Waals surface area contributed by atoms with Crippen molar-refractivity contribution in [1.29, 1.82) is 0 Å². The Morgan fingerprint density at radius 1 is 0.968 bits per heavy atom. The molecule has 166 valence electrons. The molecule has 2 saturated heterocycles. The van der Waals surface area contributed by atoms with Gasteiger partial charge in [-0.15, -0.1) is 6.58 Å². The molecule has 0 aromatic heterocycles. The molecule has 2 heterocycles. The lowest BCUT2D eigenvalue weighted by atomic mass is 10.0. The molecule has 4 rings (SSSR count). The van der Waals surface area contributed by atoms with Crippen molar-refractivity contribution in [2.75, 3.05) is 0 Å². The SMILES string of the molecule is C=CCC[C@H](OCc1ccccc1)[C@H]1O[C@@H]2OC(C)(C)O[C@@H]2[C@H]1OCc1ccccc1. The molecule has 5 nitrogen and oxygen atoms in total. The zero-order valence-corrected chi connectivity index (χ0v) is 18.3. The summed E-state index contributed by atoms with van der Waals surface area (Å²) in [7, 11) is 0. The van der Waals surface area contributed by atoms with Crippen LogP contribution in [0.1, 0.15) is 37.8 Å². The fourth-order valence-corrected chi connectivity index (χ4v) is 4.16. The van der Waals surface area contributed by atoms with Crippen molar-refractivity contribution >= 4 is 0 Å². The normalized spacial score (nSPS) is 27.7. The summed E-state index contributed by atoms with van der Waals surface area (Å²) in [6, 6.07) is 20.3. The van der Waals surface area contributed by atoms with Crippen LogP contribution in [-0.2, 0) is 36.9 Å². The van der Waals surface area contributed by atoms with Crippen LogP contribution >= 0.6 is 0 Å². The lowest BCUT2D eigenvalue weighted by Crippen LogP contribution is -2.43. The van der Waals surface area contributed by atoms with Gasteiger partial charge in [0.1, 0.15) is 18.3 Å². The van der Waals surface area contributed by atoms with E-state index in [1.54, 1.807) is 0 Å². The van der Waals surface area contributed by atoms with Gasteiger partial charge in [0.15, 0.2) is 12.1 Å². The summed E-state index contributed by atoms with van der Waals surface area (Å²) in [5.41, 5.74) is 2.23. The first kappa shape index (κ1) is 22.2. The number of ether oxygens (including phenoxy) is 5. The molecule has 2 aliphatic rings. The van der Waals surface area contributed by atoms with Crippen LogP contribution in [-0.4, -0.2) is 36.5 Å². The third-order valence-corrected chi connectivity index (χ3v) is 5.64. The Hall–Kier alpha value is -2.02. The second kappa shape index (κ2) is 10.1. The monoisotopic (exact) mass is 424 g/mol. The van der Waals surface area contributed by atoms with Gasteiger partial charge in [-0.05, 0) is 37.8 Å². The summed E-state index contributed by atoms with van der Waals surface area (Å²) in [4.78, 5) is 0. The van der Waals surface area contributed by atoms with Crippen LogP contribution in [0.25, 0.3) is 0 Å². The Morgan fingerprint density at radius 2 is 1.61 bits per heavy atom. The van der Waals surface area contributed by atoms with Gasteiger partial charge in [0.05, 0.1) is 19.3 Å². The first-order valence-electron chi connectivity index (χ1n) is 11.0. The summed E-state index contributed by atoms with van der Waals surface area (Å²) in [5.74, 6) is -0.698.